The molecular formula is C13H19NO7-2. The van der Waals surface area contributed by atoms with E-state index in [0.717, 1.165) is 0 Å². The van der Waals surface area contributed by atoms with Gasteiger partial charge in [-0.1, -0.05) is 0 Å². The molecular weight excluding hydrogens is 282 g/mol. The van der Waals surface area contributed by atoms with Gasteiger partial charge >= 0.3 is 5.97 Å². The number of hydrogen-bond donors (Lipinski definition) is 0. The first kappa shape index (κ1) is 19.2. The minimum Gasteiger partial charge on any atom is -0.555 e. The van der Waals surface area contributed by atoms with Crippen LogP contribution in [-0.4, -0.2) is 41.8 Å². The van der Waals surface area contributed by atoms with Crippen molar-refractivity contribution in [2.45, 2.75) is 32.6 Å². The van der Waals surface area contributed by atoms with Gasteiger partial charge in [0.1, 0.15) is 5.78 Å². The Labute approximate surface area is 123 Å². The predicted molar refractivity (Wildman–Crippen MR) is 69.7 cm³/mol. The summed E-state index contributed by atoms with van der Waals surface area (Å²) in [6.07, 6.45) is 0.625. The average molecular weight is 301 g/mol. The van der Waals surface area contributed by atoms with Crippen LogP contribution >= 0.6 is 0 Å². The molecule has 0 atom stereocenters. The third kappa shape index (κ3) is 8.87. The molecule has 0 aliphatic carbocycles. The van der Waals surface area contributed by atoms with Crippen molar-refractivity contribution in [3.63, 3.8) is 0 Å². The topological polar surface area (TPSA) is 99.2 Å². The lowest BCUT2D eigenvalue weighted by molar-refractivity contribution is -0.197. The summed E-state index contributed by atoms with van der Waals surface area (Å²) in [5.41, 5.74) is 0. The lowest BCUT2D eigenvalue weighted by atomic mass is 10.3. The molecule has 0 spiro atoms. The maximum absolute atomic E-state index is 11.0. The van der Waals surface area contributed by atoms with Crippen molar-refractivity contribution in [3.05, 3.63) is 14.2 Å². The number of Topliss-reactive ketones (excluding diaryl/α,β-unsaturated/α-hetero) is 1. The molecule has 1 heterocycles. The second kappa shape index (κ2) is 10.9. The second-order valence-corrected chi connectivity index (χ2v) is 4.06. The maximum Gasteiger partial charge on any atom is 0.335 e. The molecule has 0 unspecified atom stereocenters. The monoisotopic (exact) mass is 301 g/mol. The van der Waals surface area contributed by atoms with Gasteiger partial charge in [-0.15, -0.1) is 5.06 Å². The third-order valence-corrected chi connectivity index (χ3v) is 2.25. The number of hydroxylamine groups is 2. The van der Waals surface area contributed by atoms with Crippen LogP contribution in [0.1, 0.15) is 32.6 Å². The highest BCUT2D eigenvalue weighted by Gasteiger charge is 2.32. The number of amides is 2. The van der Waals surface area contributed by atoms with E-state index in [4.69, 9.17) is 0 Å². The van der Waals surface area contributed by atoms with Gasteiger partial charge in [-0.2, -0.15) is 0 Å². The van der Waals surface area contributed by atoms with Gasteiger partial charge in [0.2, 0.25) is 0 Å². The van der Waals surface area contributed by atoms with Crippen LogP contribution in [0, 0.1) is 14.2 Å². The molecule has 0 aromatic rings. The summed E-state index contributed by atoms with van der Waals surface area (Å²) >= 11 is 0. The van der Waals surface area contributed by atoms with E-state index in [1.54, 1.807) is 0 Å². The fourth-order valence-electron chi connectivity index (χ4n) is 1.18. The molecule has 1 saturated heterocycles. The molecule has 0 bridgehead atoms. The number of ether oxygens (including phenoxy) is 2. The molecule has 0 radical (unpaired) electrons. The lowest BCUT2D eigenvalue weighted by Crippen LogP contribution is -2.32. The summed E-state index contributed by atoms with van der Waals surface area (Å²) in [6, 6.07) is 0. The molecule has 1 rings (SSSR count). The van der Waals surface area contributed by atoms with Crippen molar-refractivity contribution < 1.29 is 33.5 Å². The molecule has 120 valence electrons. The van der Waals surface area contributed by atoms with E-state index >= 15 is 0 Å². The highest BCUT2D eigenvalue weighted by molar-refractivity contribution is 6.01. The van der Waals surface area contributed by atoms with Gasteiger partial charge in [0.25, 0.3) is 11.8 Å². The van der Waals surface area contributed by atoms with Crippen LogP contribution in [0.15, 0.2) is 0 Å². The van der Waals surface area contributed by atoms with Crippen LogP contribution in [0.3, 0.4) is 0 Å². The van der Waals surface area contributed by atoms with Crippen LogP contribution < -0.4 is 0 Å². The molecule has 0 aromatic carbocycles. The highest BCUT2D eigenvalue weighted by atomic mass is 16.7. The van der Waals surface area contributed by atoms with Crippen molar-refractivity contribution in [3.8, 4) is 0 Å². The Hall–Kier alpha value is -1.80. The van der Waals surface area contributed by atoms with E-state index in [9.17, 15) is 19.2 Å². The van der Waals surface area contributed by atoms with E-state index < -0.39 is 17.8 Å². The quantitative estimate of drug-likeness (QED) is 0.500. The van der Waals surface area contributed by atoms with Crippen LogP contribution in [0.25, 0.3) is 0 Å². The molecule has 0 N–H and O–H groups in total. The fraction of sp³-hybridized carbons (Fsp3) is 0.538. The molecule has 8 nitrogen and oxygen atoms in total. The number of carbonyl (C=O) groups is 4. The smallest absolute Gasteiger partial charge is 0.335 e. The molecule has 1 aliphatic rings. The zero-order valence-electron chi connectivity index (χ0n) is 12.0. The molecule has 1 fully saturated rings. The first-order chi connectivity index (χ1) is 9.92. The Morgan fingerprint density at radius 1 is 1.05 bits per heavy atom. The number of ketones is 1. The highest BCUT2D eigenvalue weighted by Crippen LogP contribution is 2.12. The normalized spacial score (nSPS) is 13.8. The Morgan fingerprint density at radius 3 is 1.90 bits per heavy atom. The molecule has 2 amide bonds. The van der Waals surface area contributed by atoms with Crippen LogP contribution in [0.2, 0.25) is 0 Å². The van der Waals surface area contributed by atoms with Gasteiger partial charge in [-0.05, 0) is 6.92 Å². The van der Waals surface area contributed by atoms with Crippen molar-refractivity contribution in [1.29, 1.82) is 0 Å². The van der Waals surface area contributed by atoms with Crippen molar-refractivity contribution >= 4 is 23.6 Å². The average Bonchev–Trinajstić information content (AvgIpc) is 2.75. The number of rotatable bonds is 7. The van der Waals surface area contributed by atoms with Gasteiger partial charge in [-0.25, -0.2) is 19.0 Å². The Kier molecular flexibility index (Phi) is 9.99. The molecule has 1 aliphatic heterocycles. The van der Waals surface area contributed by atoms with E-state index in [1.807, 2.05) is 0 Å². The van der Waals surface area contributed by atoms with E-state index in [2.05, 4.69) is 28.5 Å². The molecule has 21 heavy (non-hydrogen) atoms. The van der Waals surface area contributed by atoms with Gasteiger partial charge in [0.05, 0.1) is 6.42 Å². The summed E-state index contributed by atoms with van der Waals surface area (Å²) in [5, 5.41) is 0.505. The Morgan fingerprint density at radius 2 is 1.52 bits per heavy atom. The summed E-state index contributed by atoms with van der Waals surface area (Å²) in [6.45, 7) is 2.06. The zero-order chi connectivity index (χ0) is 16.3. The molecule has 8 heteroatoms. The third-order valence-electron chi connectivity index (χ3n) is 2.25. The minimum absolute atomic E-state index is 0.0411. The SMILES string of the molecule is [CH2-]OCCC(=O)ON1C(=O)CCC1=O.[CH2-]OCCC(C)=O. The zero-order valence-corrected chi connectivity index (χ0v) is 12.0. The van der Waals surface area contributed by atoms with E-state index in [1.165, 1.54) is 6.92 Å². The Balaban J connectivity index is 0.000000486. The lowest BCUT2D eigenvalue weighted by Gasteiger charge is -2.12. The number of nitrogens with zero attached hydrogens (tertiary/aromatic N) is 1. The van der Waals surface area contributed by atoms with Gasteiger partial charge < -0.3 is 14.3 Å². The van der Waals surface area contributed by atoms with Gasteiger partial charge in [0.15, 0.2) is 0 Å². The fourth-order valence-corrected chi connectivity index (χ4v) is 1.18. The number of imide groups is 1. The van der Waals surface area contributed by atoms with Crippen LogP contribution in [-0.2, 0) is 33.5 Å². The van der Waals surface area contributed by atoms with Gasteiger partial charge in [-0.3, -0.25) is 14.4 Å². The van der Waals surface area contributed by atoms with E-state index in [0.29, 0.717) is 18.1 Å². The standard InChI is InChI=1S/C8H10NO5.C5H9O2/c1-13-5-4-8(12)14-9-6(10)2-3-7(9)11;1-5(6)3-4-7-2/h1-5H2;2-4H2,1H3/q2*-1. The second-order valence-electron chi connectivity index (χ2n) is 4.06. The molecule has 0 saturated carbocycles. The first-order valence-electron chi connectivity index (χ1n) is 6.22. The first-order valence-corrected chi connectivity index (χ1v) is 6.22. The van der Waals surface area contributed by atoms with E-state index in [-0.39, 0.29) is 31.7 Å². The predicted octanol–water partition coefficient (Wildman–Crippen LogP) is 0.566. The summed E-state index contributed by atoms with van der Waals surface area (Å²) in [5.74, 6) is -1.52. The largest absolute Gasteiger partial charge is 0.555 e. The summed E-state index contributed by atoms with van der Waals surface area (Å²) < 4.78 is 8.77. The Bertz CT molecular complexity index is 365. The maximum atomic E-state index is 11.0. The van der Waals surface area contributed by atoms with Crippen molar-refractivity contribution in [1.82, 2.24) is 5.06 Å². The number of hydrogen-bond acceptors (Lipinski definition) is 7. The molecule has 0 aromatic heterocycles. The minimum atomic E-state index is -0.683. The van der Waals surface area contributed by atoms with Gasteiger partial charge in [0, 0.05) is 32.5 Å². The summed E-state index contributed by atoms with van der Waals surface area (Å²) in [7, 11) is 6.17. The van der Waals surface area contributed by atoms with Crippen molar-refractivity contribution in [2.75, 3.05) is 13.2 Å². The number of carbonyl (C=O) groups excluding carboxylic acids is 4. The summed E-state index contributed by atoms with van der Waals surface area (Å²) in [4.78, 5) is 47.5. The van der Waals surface area contributed by atoms with Crippen LogP contribution in [0.5, 0.6) is 0 Å². The van der Waals surface area contributed by atoms with Crippen LogP contribution in [0.4, 0.5) is 0 Å². The van der Waals surface area contributed by atoms with Crippen molar-refractivity contribution in [2.24, 2.45) is 0 Å².